The van der Waals surface area contributed by atoms with Crippen molar-refractivity contribution >= 4 is 22.1 Å². The van der Waals surface area contributed by atoms with E-state index in [1.807, 2.05) is 12.3 Å². The van der Waals surface area contributed by atoms with Gasteiger partial charge in [-0.3, -0.25) is 4.98 Å². The summed E-state index contributed by atoms with van der Waals surface area (Å²) in [6, 6.07) is 6.76. The number of fused-ring (bicyclic) bond motifs is 1. The lowest BCUT2D eigenvalue weighted by atomic mass is 9.82. The number of hydrogen-bond acceptors (Lipinski definition) is 3. The highest BCUT2D eigenvalue weighted by Gasteiger charge is 2.24. The van der Waals surface area contributed by atoms with E-state index in [0.29, 0.717) is 6.04 Å². The number of nitrogens with one attached hydrogen (secondary N) is 1. The van der Waals surface area contributed by atoms with Gasteiger partial charge in [0.05, 0.1) is 11.4 Å². The average Bonchev–Trinajstić information content (AvgIpc) is 2.51. The first-order chi connectivity index (χ1) is 9.79. The molecule has 1 aliphatic rings. The Kier molecular flexibility index (Phi) is 3.77. The molecule has 3 N–H and O–H groups in total. The third kappa shape index (κ3) is 2.45. The van der Waals surface area contributed by atoms with Gasteiger partial charge in [0.15, 0.2) is 0 Å². The Hall–Kier alpha value is -1.77. The lowest BCUT2D eigenvalue weighted by Crippen LogP contribution is -2.32. The number of pyridine rings is 1. The molecule has 0 aliphatic heterocycles. The van der Waals surface area contributed by atoms with Gasteiger partial charge in [0, 0.05) is 29.2 Å². The van der Waals surface area contributed by atoms with Gasteiger partial charge in [0.1, 0.15) is 0 Å². The second-order valence-electron chi connectivity index (χ2n) is 5.83. The van der Waals surface area contributed by atoms with Crippen LogP contribution in [0.15, 0.2) is 30.6 Å². The van der Waals surface area contributed by atoms with Crippen molar-refractivity contribution in [1.29, 1.82) is 0 Å². The normalized spacial score (nSPS) is 22.9. The molecule has 0 bridgehead atoms. The van der Waals surface area contributed by atoms with Gasteiger partial charge in [-0.1, -0.05) is 32.3 Å². The summed E-state index contributed by atoms with van der Waals surface area (Å²) in [6.45, 7) is 2.29. The smallest absolute Gasteiger partial charge is 0.0630 e. The van der Waals surface area contributed by atoms with Crippen LogP contribution in [0.4, 0.5) is 11.4 Å². The molecule has 20 heavy (non-hydrogen) atoms. The maximum atomic E-state index is 6.33. The fraction of sp³-hybridized carbons (Fsp3) is 0.471. The first kappa shape index (κ1) is 13.2. The summed E-state index contributed by atoms with van der Waals surface area (Å²) in [6.07, 6.45) is 10.2. The molecule has 1 aromatic heterocycles. The van der Waals surface area contributed by atoms with Crippen LogP contribution in [-0.4, -0.2) is 11.0 Å². The van der Waals surface area contributed by atoms with E-state index in [0.717, 1.165) is 28.1 Å². The fourth-order valence-electron chi connectivity index (χ4n) is 3.40. The lowest BCUT2D eigenvalue weighted by molar-refractivity contribution is 0.317. The molecule has 1 saturated carbocycles. The molecule has 3 heteroatoms. The summed E-state index contributed by atoms with van der Waals surface area (Å²) in [5, 5.41) is 5.89. The van der Waals surface area contributed by atoms with Crippen LogP contribution in [0.25, 0.3) is 10.8 Å². The molecule has 2 unspecified atom stereocenters. The molecule has 1 fully saturated rings. The molecular formula is C17H23N3. The molecule has 0 radical (unpaired) electrons. The number of nitrogen functional groups attached to an aromatic ring is 1. The van der Waals surface area contributed by atoms with E-state index in [1.54, 1.807) is 6.20 Å². The SMILES string of the molecule is CCC1CCCCC1Nc1ccc2cnccc2c1N. The van der Waals surface area contributed by atoms with Crippen molar-refractivity contribution in [3.63, 3.8) is 0 Å². The molecule has 0 amide bonds. The van der Waals surface area contributed by atoms with Gasteiger partial charge in [-0.2, -0.15) is 0 Å². The quantitative estimate of drug-likeness (QED) is 0.821. The largest absolute Gasteiger partial charge is 0.397 e. The molecule has 0 spiro atoms. The molecule has 1 heterocycles. The van der Waals surface area contributed by atoms with E-state index >= 15 is 0 Å². The Balaban J connectivity index is 1.88. The number of rotatable bonds is 3. The monoisotopic (exact) mass is 269 g/mol. The predicted octanol–water partition coefficient (Wildman–Crippen LogP) is 4.20. The van der Waals surface area contributed by atoms with E-state index in [1.165, 1.54) is 32.1 Å². The van der Waals surface area contributed by atoms with E-state index in [2.05, 4.69) is 29.4 Å². The predicted molar refractivity (Wildman–Crippen MR) is 85.8 cm³/mol. The summed E-state index contributed by atoms with van der Waals surface area (Å²) in [7, 11) is 0. The Morgan fingerprint density at radius 3 is 2.95 bits per heavy atom. The molecule has 1 aliphatic carbocycles. The molecular weight excluding hydrogens is 246 g/mol. The minimum atomic E-state index is 0.565. The summed E-state index contributed by atoms with van der Waals surface area (Å²) in [4.78, 5) is 4.15. The Morgan fingerprint density at radius 1 is 1.25 bits per heavy atom. The summed E-state index contributed by atoms with van der Waals surface area (Å²) in [5.41, 5.74) is 8.26. The summed E-state index contributed by atoms with van der Waals surface area (Å²) < 4.78 is 0. The lowest BCUT2D eigenvalue weighted by Gasteiger charge is -2.32. The van der Waals surface area contributed by atoms with Crippen molar-refractivity contribution in [1.82, 2.24) is 4.98 Å². The minimum absolute atomic E-state index is 0.565. The highest BCUT2D eigenvalue weighted by Crippen LogP contribution is 2.33. The molecule has 2 aromatic rings. The molecule has 2 atom stereocenters. The minimum Gasteiger partial charge on any atom is -0.397 e. The summed E-state index contributed by atoms with van der Waals surface area (Å²) >= 11 is 0. The van der Waals surface area contributed by atoms with E-state index in [9.17, 15) is 0 Å². The third-order valence-corrected chi connectivity index (χ3v) is 4.64. The maximum absolute atomic E-state index is 6.33. The van der Waals surface area contributed by atoms with Crippen molar-refractivity contribution in [3.05, 3.63) is 30.6 Å². The molecule has 0 saturated heterocycles. The zero-order chi connectivity index (χ0) is 13.9. The molecule has 3 nitrogen and oxygen atoms in total. The Bertz CT molecular complexity index is 594. The van der Waals surface area contributed by atoms with Crippen LogP contribution < -0.4 is 11.1 Å². The van der Waals surface area contributed by atoms with E-state index < -0.39 is 0 Å². The summed E-state index contributed by atoms with van der Waals surface area (Å²) in [5.74, 6) is 0.774. The second-order valence-corrected chi connectivity index (χ2v) is 5.83. The zero-order valence-corrected chi connectivity index (χ0v) is 12.1. The molecule has 1 aromatic carbocycles. The van der Waals surface area contributed by atoms with Crippen LogP contribution >= 0.6 is 0 Å². The van der Waals surface area contributed by atoms with Crippen LogP contribution in [0.3, 0.4) is 0 Å². The van der Waals surface area contributed by atoms with Gasteiger partial charge in [0.25, 0.3) is 0 Å². The van der Waals surface area contributed by atoms with Gasteiger partial charge in [-0.25, -0.2) is 0 Å². The van der Waals surface area contributed by atoms with Crippen molar-refractivity contribution in [2.45, 2.75) is 45.1 Å². The second kappa shape index (κ2) is 5.70. The van der Waals surface area contributed by atoms with Crippen molar-refractivity contribution in [2.24, 2.45) is 5.92 Å². The number of aromatic nitrogens is 1. The topological polar surface area (TPSA) is 50.9 Å². The first-order valence-electron chi connectivity index (χ1n) is 7.68. The van der Waals surface area contributed by atoms with Crippen LogP contribution in [0, 0.1) is 5.92 Å². The van der Waals surface area contributed by atoms with Crippen molar-refractivity contribution in [2.75, 3.05) is 11.1 Å². The third-order valence-electron chi connectivity index (χ3n) is 4.64. The van der Waals surface area contributed by atoms with Gasteiger partial charge in [0.2, 0.25) is 0 Å². The van der Waals surface area contributed by atoms with Crippen LogP contribution in [0.1, 0.15) is 39.0 Å². The standard InChI is InChI=1S/C17H23N3/c1-2-12-5-3-4-6-15(12)20-16-8-7-13-11-19-10-9-14(13)17(16)18/h7-12,15,20H,2-6,18H2,1H3. The fourth-order valence-corrected chi connectivity index (χ4v) is 3.40. The van der Waals surface area contributed by atoms with Gasteiger partial charge in [-0.05, 0) is 30.9 Å². The number of nitrogens with two attached hydrogens (primary N) is 1. The van der Waals surface area contributed by atoms with Crippen LogP contribution in [0.2, 0.25) is 0 Å². The first-order valence-corrected chi connectivity index (χ1v) is 7.68. The van der Waals surface area contributed by atoms with Gasteiger partial charge < -0.3 is 11.1 Å². The van der Waals surface area contributed by atoms with Crippen molar-refractivity contribution in [3.8, 4) is 0 Å². The maximum Gasteiger partial charge on any atom is 0.0630 e. The van der Waals surface area contributed by atoms with E-state index in [4.69, 9.17) is 5.73 Å². The number of anilines is 2. The highest BCUT2D eigenvalue weighted by atomic mass is 14.9. The number of benzene rings is 1. The number of nitrogens with zero attached hydrogens (tertiary/aromatic N) is 1. The van der Waals surface area contributed by atoms with Gasteiger partial charge in [-0.15, -0.1) is 0 Å². The molecule has 3 rings (SSSR count). The highest BCUT2D eigenvalue weighted by molar-refractivity contribution is 5.98. The average molecular weight is 269 g/mol. The van der Waals surface area contributed by atoms with Gasteiger partial charge >= 0.3 is 0 Å². The number of hydrogen-bond donors (Lipinski definition) is 2. The van der Waals surface area contributed by atoms with E-state index in [-0.39, 0.29) is 0 Å². The van der Waals surface area contributed by atoms with Crippen molar-refractivity contribution < 1.29 is 0 Å². The van der Waals surface area contributed by atoms with Crippen LogP contribution in [0.5, 0.6) is 0 Å². The Labute approximate surface area is 120 Å². The molecule has 106 valence electrons. The zero-order valence-electron chi connectivity index (χ0n) is 12.1. The Morgan fingerprint density at radius 2 is 2.10 bits per heavy atom. The van der Waals surface area contributed by atoms with Crippen LogP contribution in [-0.2, 0) is 0 Å².